The molecule has 1 N–H and O–H groups in total. The van der Waals surface area contributed by atoms with Crippen LogP contribution in [0.2, 0.25) is 4.31 Å². The van der Waals surface area contributed by atoms with E-state index in [9.17, 15) is 13.2 Å². The molecule has 1 heterocycles. The fraction of sp³-hybridized carbons (Fsp3) is 0.500. The maximum absolute atomic E-state index is 10.6. The topological polar surface area (TPSA) is 50.2 Å². The van der Waals surface area contributed by atoms with E-state index in [0.717, 1.165) is 0 Å². The van der Waals surface area contributed by atoms with Crippen molar-refractivity contribution in [3.05, 3.63) is 30.1 Å². The van der Waals surface area contributed by atoms with Gasteiger partial charge in [0.05, 0.1) is 0 Å². The van der Waals surface area contributed by atoms with Gasteiger partial charge in [-0.15, -0.1) is 0 Å². The summed E-state index contributed by atoms with van der Waals surface area (Å²) in [7, 11) is 0. The zero-order chi connectivity index (χ0) is 15.1. The molecule has 0 aliphatic rings. The molecule has 0 unspecified atom stereocenters. The molecule has 0 aromatic carbocycles. The van der Waals surface area contributed by atoms with Crippen molar-refractivity contribution in [1.29, 1.82) is 0 Å². The molecule has 0 aliphatic carbocycles. The molecule has 19 heavy (non-hydrogen) atoms. The second-order valence-corrected chi connectivity index (χ2v) is 8.34. The van der Waals surface area contributed by atoms with Gasteiger partial charge in [0.2, 0.25) is 0 Å². The average Bonchev–Trinajstić information content (AvgIpc) is 2.26. The smallest absolute Gasteiger partial charge is 0.475 e. The summed E-state index contributed by atoms with van der Waals surface area (Å²) >= 11 is 0.689. The molecule has 0 aliphatic heterocycles. The first-order valence-electron chi connectivity index (χ1n) is 5.35. The number of halogens is 3. The summed E-state index contributed by atoms with van der Waals surface area (Å²) in [6, 6.07) is 4.21. The van der Waals surface area contributed by atoms with Gasteiger partial charge in [0.1, 0.15) is 0 Å². The molecule has 7 heteroatoms. The van der Waals surface area contributed by atoms with Gasteiger partial charge in [0, 0.05) is 0 Å². The summed E-state index contributed by atoms with van der Waals surface area (Å²) in [5.74, 6) is -2.76. The van der Waals surface area contributed by atoms with E-state index in [-0.39, 0.29) is 0 Å². The summed E-state index contributed by atoms with van der Waals surface area (Å²) in [5.41, 5.74) is 1.42. The van der Waals surface area contributed by atoms with E-state index in [1.165, 1.54) is 10.9 Å². The second kappa shape index (κ2) is 7.50. The quantitative estimate of drug-likeness (QED) is 0.840. The summed E-state index contributed by atoms with van der Waals surface area (Å²) < 4.78 is 32.2. The largest absolute Gasteiger partial charge is 0.490 e. The van der Waals surface area contributed by atoms with Crippen LogP contribution in [0.15, 0.2) is 24.5 Å². The van der Waals surface area contributed by atoms with Crippen molar-refractivity contribution < 1.29 is 23.1 Å². The number of hydrogen-bond donors (Lipinski definition) is 1. The Kier molecular flexibility index (Phi) is 7.08. The number of carbonyl (C=O) groups is 1. The zero-order valence-corrected chi connectivity index (χ0v) is 12.6. The Morgan fingerprint density at radius 1 is 1.26 bits per heavy atom. The van der Waals surface area contributed by atoms with Crippen LogP contribution in [0.5, 0.6) is 0 Å². The minimum absolute atomic E-state index is 0.496. The predicted molar refractivity (Wildman–Crippen MR) is 67.1 cm³/mol. The van der Waals surface area contributed by atoms with Gasteiger partial charge < -0.3 is 5.11 Å². The van der Waals surface area contributed by atoms with Crippen LogP contribution in [-0.4, -0.2) is 37.2 Å². The number of rotatable bonds is 2. The van der Waals surface area contributed by atoms with E-state index in [4.69, 9.17) is 9.90 Å². The molecule has 0 radical (unpaired) electrons. The number of pyridine rings is 1. The van der Waals surface area contributed by atoms with Crippen molar-refractivity contribution in [3.8, 4) is 0 Å². The van der Waals surface area contributed by atoms with Crippen LogP contribution in [0.25, 0.3) is 0 Å². The molecule has 0 atom stereocenters. The first-order chi connectivity index (χ1) is 8.52. The number of aliphatic carboxylic acids is 1. The summed E-state index contributed by atoms with van der Waals surface area (Å²) in [6.07, 6.45) is -1.35. The van der Waals surface area contributed by atoms with E-state index in [2.05, 4.69) is 37.9 Å². The van der Waals surface area contributed by atoms with Crippen LogP contribution in [0.3, 0.4) is 0 Å². The van der Waals surface area contributed by atoms with Crippen molar-refractivity contribution in [3.63, 3.8) is 0 Å². The van der Waals surface area contributed by atoms with Gasteiger partial charge in [-0.1, -0.05) is 0 Å². The minimum Gasteiger partial charge on any atom is -0.475 e. The molecule has 1 rings (SSSR count). The van der Waals surface area contributed by atoms with Gasteiger partial charge >= 0.3 is 92.6 Å². The van der Waals surface area contributed by atoms with Gasteiger partial charge in [-0.2, -0.15) is 13.2 Å². The van der Waals surface area contributed by atoms with Crippen LogP contribution in [0, 0.1) is 0 Å². The standard InChI is InChI=1S/C10H15NSe.C2HF3O2/c1-10(2,3)12-8-9-4-6-11-7-5-9;3-2(4,5)1(6)7/h4-7H,8H2,1-3H3;(H,6,7). The fourth-order valence-electron chi connectivity index (χ4n) is 0.779. The Labute approximate surface area is 116 Å². The molecule has 0 saturated heterocycles. The first-order valence-corrected chi connectivity index (χ1v) is 7.42. The van der Waals surface area contributed by atoms with Gasteiger partial charge in [0.25, 0.3) is 0 Å². The third-order valence-corrected chi connectivity index (χ3v) is 4.48. The van der Waals surface area contributed by atoms with E-state index in [1.54, 1.807) is 0 Å². The van der Waals surface area contributed by atoms with Crippen LogP contribution in [0.1, 0.15) is 26.3 Å². The molecule has 1 aromatic heterocycles. The molecule has 108 valence electrons. The molecule has 3 nitrogen and oxygen atoms in total. The maximum Gasteiger partial charge on any atom is 0.490 e. The second-order valence-electron chi connectivity index (χ2n) is 4.56. The zero-order valence-electron chi connectivity index (χ0n) is 10.9. The normalized spacial score (nSPS) is 11.5. The molecule has 1 aromatic rings. The van der Waals surface area contributed by atoms with Crippen molar-refractivity contribution >= 4 is 20.9 Å². The first kappa shape index (κ1) is 17.9. The Balaban J connectivity index is 0.000000399. The van der Waals surface area contributed by atoms with E-state index in [0.29, 0.717) is 19.3 Å². The van der Waals surface area contributed by atoms with Crippen LogP contribution >= 0.6 is 0 Å². The Morgan fingerprint density at radius 2 is 1.68 bits per heavy atom. The Hall–Kier alpha value is -1.07. The number of alkyl halides is 3. The monoisotopic (exact) mass is 343 g/mol. The van der Waals surface area contributed by atoms with Crippen molar-refractivity contribution in [2.45, 2.75) is 36.6 Å². The molecule has 0 spiro atoms. The van der Waals surface area contributed by atoms with Gasteiger partial charge in [-0.3, -0.25) is 0 Å². The number of hydrogen-bond acceptors (Lipinski definition) is 2. The predicted octanol–water partition coefficient (Wildman–Crippen LogP) is 3.14. The fourth-order valence-corrected chi connectivity index (χ4v) is 2.44. The number of carboxylic acids is 1. The summed E-state index contributed by atoms with van der Waals surface area (Å²) in [5, 5.41) is 8.35. The molecule has 0 amide bonds. The van der Waals surface area contributed by atoms with Gasteiger partial charge in [0.15, 0.2) is 0 Å². The number of aromatic nitrogens is 1. The Morgan fingerprint density at radius 3 is 2.00 bits per heavy atom. The molecule has 0 saturated carbocycles. The van der Waals surface area contributed by atoms with Gasteiger partial charge in [-0.25, -0.2) is 4.79 Å². The Bertz CT molecular complexity index is 388. The molecule has 0 fully saturated rings. The van der Waals surface area contributed by atoms with Crippen molar-refractivity contribution in [1.82, 2.24) is 4.98 Å². The molecular formula is C12H16F3NO2Se. The van der Waals surface area contributed by atoms with E-state index in [1.807, 2.05) is 12.4 Å². The van der Waals surface area contributed by atoms with E-state index < -0.39 is 12.1 Å². The summed E-state index contributed by atoms with van der Waals surface area (Å²) in [4.78, 5) is 12.9. The molecule has 0 bridgehead atoms. The third-order valence-electron chi connectivity index (χ3n) is 1.66. The SMILES string of the molecule is CC(C)(C)[Se]Cc1ccncc1.O=C(O)C(F)(F)F. The summed E-state index contributed by atoms with van der Waals surface area (Å²) in [6.45, 7) is 6.90. The minimum atomic E-state index is -5.08. The van der Waals surface area contributed by atoms with E-state index >= 15 is 0 Å². The number of nitrogens with zero attached hydrogens (tertiary/aromatic N) is 1. The van der Waals surface area contributed by atoms with Crippen LogP contribution < -0.4 is 0 Å². The van der Waals surface area contributed by atoms with Gasteiger partial charge in [-0.05, 0) is 0 Å². The maximum atomic E-state index is 10.6. The third kappa shape index (κ3) is 10.5. The average molecular weight is 342 g/mol. The van der Waals surface area contributed by atoms with Crippen LogP contribution in [-0.2, 0) is 10.1 Å². The molecular weight excluding hydrogens is 326 g/mol. The van der Waals surface area contributed by atoms with Crippen molar-refractivity contribution in [2.24, 2.45) is 0 Å². The number of carboxylic acid groups (broad SMARTS) is 1. The van der Waals surface area contributed by atoms with Crippen LogP contribution in [0.4, 0.5) is 13.2 Å². The van der Waals surface area contributed by atoms with Crippen molar-refractivity contribution in [2.75, 3.05) is 0 Å².